The molecule has 0 fully saturated rings. The van der Waals surface area contributed by atoms with Gasteiger partial charge in [0.25, 0.3) is 5.91 Å². The molecule has 3 N–H and O–H groups in total. The lowest BCUT2D eigenvalue weighted by atomic mass is 9.95. The Morgan fingerprint density at radius 2 is 2.04 bits per heavy atom. The van der Waals surface area contributed by atoms with Gasteiger partial charge in [0.2, 0.25) is 5.91 Å². The summed E-state index contributed by atoms with van der Waals surface area (Å²) in [5, 5.41) is 8.19. The Labute approximate surface area is 149 Å². The average molecular weight is 367 g/mol. The highest BCUT2D eigenvalue weighted by molar-refractivity contribution is 7.17. The molecule has 2 heterocycles. The Kier molecular flexibility index (Phi) is 4.64. The highest BCUT2D eigenvalue weighted by Crippen LogP contribution is 2.37. The van der Waals surface area contributed by atoms with Crippen LogP contribution >= 0.6 is 22.9 Å². The second kappa shape index (κ2) is 6.57. The first-order valence-electron chi connectivity index (χ1n) is 7.82. The Hall–Kier alpha value is -1.86. The first kappa shape index (κ1) is 17.0. The number of nitrogens with one attached hydrogen (secondary N) is 1. The van der Waals surface area contributed by atoms with Crippen LogP contribution in [-0.4, -0.2) is 21.6 Å². The van der Waals surface area contributed by atoms with Gasteiger partial charge in [-0.05, 0) is 45.1 Å². The maximum atomic E-state index is 12.4. The van der Waals surface area contributed by atoms with Crippen molar-refractivity contribution in [1.82, 2.24) is 9.78 Å². The number of primary amides is 1. The number of aryl methyl sites for hydroxylation is 2. The van der Waals surface area contributed by atoms with Gasteiger partial charge in [-0.1, -0.05) is 11.6 Å². The van der Waals surface area contributed by atoms with Crippen molar-refractivity contribution in [3.05, 3.63) is 32.4 Å². The molecule has 0 saturated heterocycles. The predicted octanol–water partition coefficient (Wildman–Crippen LogP) is 2.83. The lowest BCUT2D eigenvalue weighted by Gasteiger charge is -2.11. The summed E-state index contributed by atoms with van der Waals surface area (Å²) in [5.74, 6) is -0.739. The van der Waals surface area contributed by atoms with Crippen LogP contribution in [0.1, 0.15) is 45.0 Å². The van der Waals surface area contributed by atoms with E-state index < -0.39 is 5.91 Å². The normalized spacial score (nSPS) is 13.6. The van der Waals surface area contributed by atoms with Gasteiger partial charge < -0.3 is 11.1 Å². The molecule has 3 rings (SSSR count). The van der Waals surface area contributed by atoms with Crippen LogP contribution < -0.4 is 11.1 Å². The van der Waals surface area contributed by atoms with Crippen LogP contribution in [0.3, 0.4) is 0 Å². The van der Waals surface area contributed by atoms with Crippen LogP contribution in [0.25, 0.3) is 0 Å². The van der Waals surface area contributed by atoms with E-state index in [4.69, 9.17) is 17.3 Å². The van der Waals surface area contributed by atoms with E-state index in [1.165, 1.54) is 11.3 Å². The molecule has 8 heteroatoms. The fourth-order valence-electron chi connectivity index (χ4n) is 3.05. The molecule has 0 spiro atoms. The number of carbonyl (C=O) groups excluding carboxylic acids is 2. The third-order valence-electron chi connectivity index (χ3n) is 4.26. The number of nitrogens with two attached hydrogens (primary N) is 1. The SMILES string of the molecule is Cc1nn(CC(=O)Nc2sc3c(c2C(N)=O)CCCC3)c(C)c1Cl. The van der Waals surface area contributed by atoms with Crippen LogP contribution in [-0.2, 0) is 24.2 Å². The van der Waals surface area contributed by atoms with Crippen molar-refractivity contribution in [2.24, 2.45) is 5.73 Å². The molecule has 0 radical (unpaired) electrons. The minimum absolute atomic E-state index is 0.0418. The summed E-state index contributed by atoms with van der Waals surface area (Å²) in [4.78, 5) is 25.4. The second-order valence-electron chi connectivity index (χ2n) is 5.97. The summed E-state index contributed by atoms with van der Waals surface area (Å²) in [7, 11) is 0. The number of hydrogen-bond donors (Lipinski definition) is 2. The molecule has 1 aliphatic rings. The number of nitrogens with zero attached hydrogens (tertiary/aromatic N) is 2. The van der Waals surface area contributed by atoms with Gasteiger partial charge in [-0.15, -0.1) is 11.3 Å². The van der Waals surface area contributed by atoms with Gasteiger partial charge in [0.15, 0.2) is 0 Å². The number of aromatic nitrogens is 2. The smallest absolute Gasteiger partial charge is 0.251 e. The zero-order valence-corrected chi connectivity index (χ0v) is 15.2. The zero-order valence-electron chi connectivity index (χ0n) is 13.6. The van der Waals surface area contributed by atoms with E-state index in [0.717, 1.165) is 41.8 Å². The molecule has 0 aliphatic heterocycles. The number of hydrogen-bond acceptors (Lipinski definition) is 4. The van der Waals surface area contributed by atoms with E-state index in [1.54, 1.807) is 11.6 Å². The van der Waals surface area contributed by atoms with Gasteiger partial charge in [0.1, 0.15) is 11.5 Å². The Balaban J connectivity index is 1.83. The van der Waals surface area contributed by atoms with Crippen LogP contribution in [0.4, 0.5) is 5.00 Å². The van der Waals surface area contributed by atoms with Gasteiger partial charge in [0.05, 0.1) is 22.0 Å². The molecule has 6 nitrogen and oxygen atoms in total. The van der Waals surface area contributed by atoms with E-state index in [2.05, 4.69) is 10.4 Å². The molecular weight excluding hydrogens is 348 g/mol. The summed E-state index contributed by atoms with van der Waals surface area (Å²) >= 11 is 7.56. The average Bonchev–Trinajstić information content (AvgIpc) is 3.00. The van der Waals surface area contributed by atoms with Gasteiger partial charge in [0, 0.05) is 4.88 Å². The van der Waals surface area contributed by atoms with Crippen molar-refractivity contribution in [3.63, 3.8) is 0 Å². The molecule has 2 aromatic rings. The van der Waals surface area contributed by atoms with Crippen LogP contribution in [0.5, 0.6) is 0 Å². The van der Waals surface area contributed by atoms with Crippen LogP contribution in [0.15, 0.2) is 0 Å². The quantitative estimate of drug-likeness (QED) is 0.871. The molecule has 2 amide bonds. The van der Waals surface area contributed by atoms with Crippen LogP contribution in [0.2, 0.25) is 5.02 Å². The van der Waals surface area contributed by atoms with Gasteiger partial charge in [-0.3, -0.25) is 14.3 Å². The number of fused-ring (bicyclic) bond motifs is 1. The summed E-state index contributed by atoms with van der Waals surface area (Å²) in [5.41, 5.74) is 8.44. The number of amides is 2. The number of halogens is 1. The molecule has 0 unspecified atom stereocenters. The third kappa shape index (κ3) is 3.06. The van der Waals surface area contributed by atoms with Crippen molar-refractivity contribution in [2.75, 3.05) is 5.32 Å². The monoisotopic (exact) mass is 366 g/mol. The first-order chi connectivity index (χ1) is 11.4. The molecule has 24 heavy (non-hydrogen) atoms. The van der Waals surface area contributed by atoms with E-state index in [-0.39, 0.29) is 12.5 Å². The molecule has 0 bridgehead atoms. The summed E-state index contributed by atoms with van der Waals surface area (Å²) in [6, 6.07) is 0. The Bertz CT molecular complexity index is 825. The van der Waals surface area contributed by atoms with Crippen molar-refractivity contribution in [1.29, 1.82) is 0 Å². The summed E-state index contributed by atoms with van der Waals surface area (Å²) in [6.07, 6.45) is 3.92. The Morgan fingerprint density at radius 3 is 2.67 bits per heavy atom. The molecule has 2 aromatic heterocycles. The maximum Gasteiger partial charge on any atom is 0.251 e. The summed E-state index contributed by atoms with van der Waals surface area (Å²) < 4.78 is 1.56. The van der Waals surface area contributed by atoms with Crippen molar-refractivity contribution >= 4 is 39.8 Å². The minimum Gasteiger partial charge on any atom is -0.365 e. The van der Waals surface area contributed by atoms with E-state index in [9.17, 15) is 9.59 Å². The molecule has 0 atom stereocenters. The standard InChI is InChI=1S/C16H19ClN4O2S/c1-8-14(17)9(2)21(20-8)7-12(22)19-16-13(15(18)23)10-5-3-4-6-11(10)24-16/h3-7H2,1-2H3,(H2,18,23)(H,19,22). The zero-order chi connectivity index (χ0) is 17.4. The molecule has 128 valence electrons. The minimum atomic E-state index is -0.487. The largest absolute Gasteiger partial charge is 0.365 e. The van der Waals surface area contributed by atoms with Crippen molar-refractivity contribution in [2.45, 2.75) is 46.1 Å². The lowest BCUT2D eigenvalue weighted by Crippen LogP contribution is -2.22. The highest BCUT2D eigenvalue weighted by Gasteiger charge is 2.25. The number of thiophene rings is 1. The molecular formula is C16H19ClN4O2S. The molecule has 0 aromatic carbocycles. The highest BCUT2D eigenvalue weighted by atomic mass is 35.5. The van der Waals surface area contributed by atoms with Gasteiger partial charge >= 0.3 is 0 Å². The lowest BCUT2D eigenvalue weighted by molar-refractivity contribution is -0.116. The summed E-state index contributed by atoms with van der Waals surface area (Å²) in [6.45, 7) is 3.65. The maximum absolute atomic E-state index is 12.4. The topological polar surface area (TPSA) is 90.0 Å². The molecule has 1 aliphatic carbocycles. The fourth-order valence-corrected chi connectivity index (χ4v) is 4.49. The van der Waals surface area contributed by atoms with Gasteiger partial charge in [-0.25, -0.2) is 0 Å². The predicted molar refractivity (Wildman–Crippen MR) is 94.8 cm³/mol. The third-order valence-corrected chi connectivity index (χ3v) is 6.01. The van der Waals surface area contributed by atoms with Crippen molar-refractivity contribution in [3.8, 4) is 0 Å². The van der Waals surface area contributed by atoms with Crippen molar-refractivity contribution < 1.29 is 9.59 Å². The number of anilines is 1. The Morgan fingerprint density at radius 1 is 1.33 bits per heavy atom. The molecule has 0 saturated carbocycles. The number of rotatable bonds is 4. The first-order valence-corrected chi connectivity index (χ1v) is 9.01. The fraction of sp³-hybridized carbons (Fsp3) is 0.438. The van der Waals surface area contributed by atoms with Gasteiger partial charge in [-0.2, -0.15) is 5.10 Å². The van der Waals surface area contributed by atoms with E-state index >= 15 is 0 Å². The van der Waals surface area contributed by atoms with E-state index in [0.29, 0.717) is 21.3 Å². The van der Waals surface area contributed by atoms with E-state index in [1.807, 2.05) is 6.92 Å². The number of carbonyl (C=O) groups is 2. The second-order valence-corrected chi connectivity index (χ2v) is 7.45. The van der Waals surface area contributed by atoms with Crippen LogP contribution in [0, 0.1) is 13.8 Å².